The molecule has 0 N–H and O–H groups in total. The minimum atomic E-state index is 0.589. The molecule has 2 aliphatic heterocycles. The largest absolute Gasteiger partial charge is 0.352 e. The molecule has 4 heterocycles. The van der Waals surface area contributed by atoms with Crippen molar-refractivity contribution in [1.29, 1.82) is 0 Å². The summed E-state index contributed by atoms with van der Waals surface area (Å²) in [6.07, 6.45) is 6.76. The summed E-state index contributed by atoms with van der Waals surface area (Å²) in [4.78, 5) is 12.2. The first kappa shape index (κ1) is 15.0. The molecule has 0 aliphatic carbocycles. The van der Waals surface area contributed by atoms with Gasteiger partial charge in [-0.05, 0) is 18.2 Å². The Hall–Kier alpha value is -3.14. The van der Waals surface area contributed by atoms with Crippen LogP contribution in [0.4, 0.5) is 0 Å². The molecule has 4 heteroatoms. The Kier molecular flexibility index (Phi) is 3.15. The van der Waals surface area contributed by atoms with E-state index in [2.05, 4.69) is 64.0 Å². The first-order valence-corrected chi connectivity index (χ1v) is 9.66. The summed E-state index contributed by atoms with van der Waals surface area (Å²) in [6, 6.07) is 19.6. The first-order valence-electron chi connectivity index (χ1n) is 9.66. The third kappa shape index (κ3) is 2.16. The molecule has 0 bridgehead atoms. The van der Waals surface area contributed by atoms with E-state index in [0.717, 1.165) is 35.8 Å². The van der Waals surface area contributed by atoms with Gasteiger partial charge >= 0.3 is 0 Å². The van der Waals surface area contributed by atoms with Gasteiger partial charge in [-0.2, -0.15) is 0 Å². The van der Waals surface area contributed by atoms with Crippen LogP contribution in [-0.4, -0.2) is 39.3 Å². The van der Waals surface area contributed by atoms with Crippen molar-refractivity contribution >= 4 is 22.1 Å². The Bertz CT molecular complexity index is 1190. The number of benzene rings is 2. The summed E-state index contributed by atoms with van der Waals surface area (Å²) in [5, 5.41) is 2.49. The van der Waals surface area contributed by atoms with Gasteiger partial charge in [0.25, 0.3) is 0 Å². The lowest BCUT2D eigenvalue weighted by molar-refractivity contribution is 0.431. The number of imidazole rings is 1. The fraction of sp³-hybridized carbons (Fsp3) is 0.217. The van der Waals surface area contributed by atoms with Crippen LogP contribution in [0.25, 0.3) is 27.7 Å². The van der Waals surface area contributed by atoms with Gasteiger partial charge in [-0.15, -0.1) is 0 Å². The number of hydrogen-bond acceptors (Lipinski definition) is 3. The molecule has 132 valence electrons. The molecule has 0 radical (unpaired) electrons. The summed E-state index contributed by atoms with van der Waals surface area (Å²) >= 11 is 0. The molecule has 4 aromatic rings. The van der Waals surface area contributed by atoms with E-state index in [0.29, 0.717) is 6.04 Å². The van der Waals surface area contributed by atoms with Gasteiger partial charge in [0.15, 0.2) is 0 Å². The van der Waals surface area contributed by atoms with Gasteiger partial charge in [-0.25, -0.2) is 4.98 Å². The number of amidine groups is 1. The van der Waals surface area contributed by atoms with Crippen LogP contribution in [0.15, 0.2) is 72.0 Å². The molecule has 1 fully saturated rings. The molecular weight excluding hydrogens is 332 g/mol. The summed E-state index contributed by atoms with van der Waals surface area (Å²) < 4.78 is 2.24. The fourth-order valence-electron chi connectivity index (χ4n) is 4.64. The second kappa shape index (κ2) is 5.68. The first-order chi connectivity index (χ1) is 13.4. The third-order valence-electron chi connectivity index (χ3n) is 5.92. The van der Waals surface area contributed by atoms with Crippen LogP contribution < -0.4 is 0 Å². The molecule has 2 aliphatic rings. The maximum Gasteiger partial charge on any atom is 0.144 e. The van der Waals surface area contributed by atoms with Gasteiger partial charge in [-0.1, -0.05) is 54.6 Å². The normalized spacial score (nSPS) is 19.0. The molecule has 27 heavy (non-hydrogen) atoms. The minimum absolute atomic E-state index is 0.589. The third-order valence-corrected chi connectivity index (χ3v) is 5.92. The van der Waals surface area contributed by atoms with E-state index in [9.17, 15) is 0 Å². The van der Waals surface area contributed by atoms with Gasteiger partial charge in [0.2, 0.25) is 0 Å². The number of hydrogen-bond donors (Lipinski definition) is 0. The van der Waals surface area contributed by atoms with Crippen LogP contribution in [0.1, 0.15) is 18.4 Å². The van der Waals surface area contributed by atoms with Gasteiger partial charge in [0.1, 0.15) is 11.7 Å². The van der Waals surface area contributed by atoms with E-state index in [-0.39, 0.29) is 0 Å². The van der Waals surface area contributed by atoms with Crippen molar-refractivity contribution in [3.05, 3.63) is 72.6 Å². The van der Waals surface area contributed by atoms with Gasteiger partial charge in [0.05, 0.1) is 24.3 Å². The number of rotatable bonds is 2. The van der Waals surface area contributed by atoms with E-state index >= 15 is 0 Å². The summed E-state index contributed by atoms with van der Waals surface area (Å²) in [5.74, 6) is 2.14. The van der Waals surface area contributed by atoms with E-state index < -0.39 is 0 Å². The summed E-state index contributed by atoms with van der Waals surface area (Å²) in [5.41, 5.74) is 3.49. The lowest BCUT2D eigenvalue weighted by Gasteiger charge is -2.21. The van der Waals surface area contributed by atoms with Crippen molar-refractivity contribution in [2.75, 3.05) is 13.1 Å². The Balaban J connectivity index is 1.65. The molecule has 1 saturated heterocycles. The van der Waals surface area contributed by atoms with Gasteiger partial charge in [0, 0.05) is 29.3 Å². The van der Waals surface area contributed by atoms with Gasteiger partial charge < -0.3 is 4.90 Å². The van der Waals surface area contributed by atoms with E-state index in [4.69, 9.17) is 9.98 Å². The van der Waals surface area contributed by atoms with E-state index in [1.165, 1.54) is 29.2 Å². The van der Waals surface area contributed by atoms with Crippen molar-refractivity contribution in [3.63, 3.8) is 0 Å². The average molecular weight is 352 g/mol. The van der Waals surface area contributed by atoms with E-state index in [1.807, 2.05) is 12.3 Å². The molecule has 2 aromatic heterocycles. The van der Waals surface area contributed by atoms with Crippen LogP contribution >= 0.6 is 0 Å². The molecule has 1 atom stereocenters. The lowest BCUT2D eigenvalue weighted by atomic mass is 10.0. The topological polar surface area (TPSA) is 32.9 Å². The molecule has 0 unspecified atom stereocenters. The van der Waals surface area contributed by atoms with Crippen LogP contribution in [0.5, 0.6) is 0 Å². The van der Waals surface area contributed by atoms with Crippen molar-refractivity contribution in [3.8, 4) is 11.4 Å². The summed E-state index contributed by atoms with van der Waals surface area (Å²) in [7, 11) is 0. The van der Waals surface area contributed by atoms with Crippen LogP contribution in [0.3, 0.4) is 0 Å². The monoisotopic (exact) mass is 352 g/mol. The Morgan fingerprint density at radius 3 is 2.63 bits per heavy atom. The Morgan fingerprint density at radius 2 is 1.74 bits per heavy atom. The second-order valence-electron chi connectivity index (χ2n) is 7.45. The molecule has 6 rings (SSSR count). The summed E-state index contributed by atoms with van der Waals surface area (Å²) in [6.45, 7) is 2.04. The van der Waals surface area contributed by atoms with Crippen LogP contribution in [-0.2, 0) is 0 Å². The SMILES string of the molecule is c1ccc(-c2ncc3c4ccccc4c(C4=NC[C@@H]5CCCN45)cn23)cc1. The highest BCUT2D eigenvalue weighted by Gasteiger charge is 2.33. The number of fused-ring (bicyclic) bond motifs is 4. The quantitative estimate of drug-likeness (QED) is 0.536. The standard InChI is InChI=1S/C23H20N4/c1-2-7-16(8-3-1)22-25-14-21-19-11-5-4-10-18(19)20(15-27(21)22)23-24-13-17-9-6-12-26(17)23/h1-5,7-8,10-11,14-15,17H,6,9,12-13H2/t17-/m0/s1. The minimum Gasteiger partial charge on any atom is -0.352 e. The zero-order chi connectivity index (χ0) is 17.8. The lowest BCUT2D eigenvalue weighted by Crippen LogP contribution is -2.31. The Morgan fingerprint density at radius 1 is 0.926 bits per heavy atom. The molecule has 0 spiro atoms. The number of nitrogens with zero attached hydrogens (tertiary/aromatic N) is 4. The maximum atomic E-state index is 4.94. The van der Waals surface area contributed by atoms with Crippen LogP contribution in [0, 0.1) is 0 Å². The number of aromatic nitrogens is 2. The molecule has 0 amide bonds. The van der Waals surface area contributed by atoms with Crippen molar-refractivity contribution in [2.24, 2.45) is 4.99 Å². The Labute approximate surface area is 157 Å². The second-order valence-corrected chi connectivity index (χ2v) is 7.45. The molecule has 4 nitrogen and oxygen atoms in total. The molecular formula is C23H20N4. The highest BCUT2D eigenvalue weighted by atomic mass is 15.3. The smallest absolute Gasteiger partial charge is 0.144 e. The van der Waals surface area contributed by atoms with Crippen LogP contribution in [0.2, 0.25) is 0 Å². The number of pyridine rings is 1. The van der Waals surface area contributed by atoms with Crippen molar-refractivity contribution in [2.45, 2.75) is 18.9 Å². The molecule has 0 saturated carbocycles. The maximum absolute atomic E-state index is 4.94. The average Bonchev–Trinajstić information content (AvgIpc) is 3.43. The van der Waals surface area contributed by atoms with Crippen molar-refractivity contribution in [1.82, 2.24) is 14.3 Å². The van der Waals surface area contributed by atoms with E-state index in [1.54, 1.807) is 0 Å². The predicted molar refractivity (Wildman–Crippen MR) is 109 cm³/mol. The highest BCUT2D eigenvalue weighted by molar-refractivity contribution is 6.13. The zero-order valence-electron chi connectivity index (χ0n) is 15.0. The number of aliphatic imine (C=N–C) groups is 1. The fourth-order valence-corrected chi connectivity index (χ4v) is 4.64. The zero-order valence-corrected chi connectivity index (χ0v) is 15.0. The van der Waals surface area contributed by atoms with Gasteiger partial charge in [-0.3, -0.25) is 9.39 Å². The van der Waals surface area contributed by atoms with Crippen molar-refractivity contribution < 1.29 is 0 Å². The predicted octanol–water partition coefficient (Wildman–Crippen LogP) is 4.38. The highest BCUT2D eigenvalue weighted by Crippen LogP contribution is 2.32. The molecule has 2 aromatic carbocycles.